The maximum absolute atomic E-state index is 13.0. The lowest BCUT2D eigenvalue weighted by atomic mass is 9.99. The summed E-state index contributed by atoms with van der Waals surface area (Å²) in [5, 5.41) is 3.47. The van der Waals surface area contributed by atoms with Gasteiger partial charge in [-0.1, -0.05) is 24.3 Å². The first kappa shape index (κ1) is 15.8. The Bertz CT molecular complexity index is 824. The predicted octanol–water partition coefficient (Wildman–Crippen LogP) is 1.94. The minimum Gasteiger partial charge on any atom is -0.370 e. The van der Waals surface area contributed by atoms with E-state index in [-0.39, 0.29) is 5.91 Å². The highest BCUT2D eigenvalue weighted by Gasteiger charge is 2.36. The van der Waals surface area contributed by atoms with Crippen molar-refractivity contribution >= 4 is 11.6 Å². The van der Waals surface area contributed by atoms with Gasteiger partial charge in [0.25, 0.3) is 5.91 Å². The third-order valence-electron chi connectivity index (χ3n) is 6.14. The molecule has 4 heterocycles. The van der Waals surface area contributed by atoms with E-state index in [1.165, 1.54) is 11.1 Å². The molecule has 5 rings (SSSR count). The minimum atomic E-state index is 0.0925. The van der Waals surface area contributed by atoms with Gasteiger partial charge in [-0.15, -0.1) is 0 Å². The van der Waals surface area contributed by atoms with Crippen LogP contribution in [0.15, 0.2) is 42.7 Å². The van der Waals surface area contributed by atoms with Crippen molar-refractivity contribution in [3.63, 3.8) is 0 Å². The zero-order chi connectivity index (χ0) is 17.5. The van der Waals surface area contributed by atoms with Gasteiger partial charge in [0.05, 0.1) is 17.4 Å². The molecule has 0 spiro atoms. The van der Waals surface area contributed by atoms with Crippen LogP contribution in [0.2, 0.25) is 0 Å². The second-order valence-electron chi connectivity index (χ2n) is 7.76. The van der Waals surface area contributed by atoms with Gasteiger partial charge < -0.3 is 15.1 Å². The van der Waals surface area contributed by atoms with E-state index in [0.717, 1.165) is 56.7 Å². The van der Waals surface area contributed by atoms with Crippen LogP contribution >= 0.6 is 0 Å². The molecule has 26 heavy (non-hydrogen) atoms. The van der Waals surface area contributed by atoms with Gasteiger partial charge in [-0.2, -0.15) is 0 Å². The third kappa shape index (κ3) is 2.76. The van der Waals surface area contributed by atoms with Crippen LogP contribution in [0.25, 0.3) is 0 Å². The lowest BCUT2D eigenvalue weighted by Gasteiger charge is -2.29. The van der Waals surface area contributed by atoms with Crippen molar-refractivity contribution in [2.24, 2.45) is 11.8 Å². The molecule has 5 heteroatoms. The van der Waals surface area contributed by atoms with Crippen LogP contribution in [-0.4, -0.2) is 48.5 Å². The monoisotopic (exact) mass is 348 g/mol. The number of aromatic nitrogens is 1. The average Bonchev–Trinajstić information content (AvgIpc) is 3.29. The smallest absolute Gasteiger partial charge is 0.255 e. The Morgan fingerprint density at radius 3 is 2.65 bits per heavy atom. The Balaban J connectivity index is 1.33. The highest BCUT2D eigenvalue weighted by molar-refractivity contribution is 5.95. The third-order valence-corrected chi connectivity index (χ3v) is 6.14. The SMILES string of the molecule is O=C(c1cncc(N2C[C@H]3CNC[C@H]3C2)c1)N1CCc2ccccc2C1. The van der Waals surface area contributed by atoms with Crippen molar-refractivity contribution in [3.05, 3.63) is 59.4 Å². The summed E-state index contributed by atoms with van der Waals surface area (Å²) in [6, 6.07) is 10.4. The molecule has 0 aliphatic carbocycles. The number of anilines is 1. The van der Waals surface area contributed by atoms with Crippen LogP contribution < -0.4 is 10.2 Å². The number of pyridine rings is 1. The molecule has 3 aliphatic heterocycles. The van der Waals surface area contributed by atoms with Crippen LogP contribution in [0.3, 0.4) is 0 Å². The predicted molar refractivity (Wildman–Crippen MR) is 101 cm³/mol. The minimum absolute atomic E-state index is 0.0925. The van der Waals surface area contributed by atoms with Crippen LogP contribution in [0.5, 0.6) is 0 Å². The van der Waals surface area contributed by atoms with E-state index in [1.54, 1.807) is 6.20 Å². The van der Waals surface area contributed by atoms with Gasteiger partial charge in [-0.05, 0) is 35.4 Å². The van der Waals surface area contributed by atoms with E-state index < -0.39 is 0 Å². The lowest BCUT2D eigenvalue weighted by molar-refractivity contribution is 0.0734. The average molecular weight is 348 g/mol. The Labute approximate surface area is 154 Å². The van der Waals surface area contributed by atoms with Crippen LogP contribution in [0, 0.1) is 11.8 Å². The van der Waals surface area contributed by atoms with Gasteiger partial charge in [0, 0.05) is 45.5 Å². The van der Waals surface area contributed by atoms with Crippen LogP contribution in [-0.2, 0) is 13.0 Å². The number of hydrogen-bond donors (Lipinski definition) is 1. The molecule has 3 aliphatic rings. The van der Waals surface area contributed by atoms with Crippen LogP contribution in [0.1, 0.15) is 21.5 Å². The molecule has 5 nitrogen and oxygen atoms in total. The van der Waals surface area contributed by atoms with Gasteiger partial charge in [0.2, 0.25) is 0 Å². The van der Waals surface area contributed by atoms with Crippen LogP contribution in [0.4, 0.5) is 5.69 Å². The highest BCUT2D eigenvalue weighted by Crippen LogP contribution is 2.30. The number of hydrogen-bond acceptors (Lipinski definition) is 4. The number of fused-ring (bicyclic) bond motifs is 2. The number of carbonyl (C=O) groups excluding carboxylic acids is 1. The number of nitrogens with one attached hydrogen (secondary N) is 1. The molecule has 2 aromatic rings. The van der Waals surface area contributed by atoms with E-state index in [4.69, 9.17) is 0 Å². The maximum Gasteiger partial charge on any atom is 0.255 e. The van der Waals surface area contributed by atoms with Gasteiger partial charge in [-0.25, -0.2) is 0 Å². The summed E-state index contributed by atoms with van der Waals surface area (Å²) in [5.74, 6) is 1.55. The van der Waals surface area contributed by atoms with Gasteiger partial charge in [-0.3, -0.25) is 9.78 Å². The molecule has 0 saturated carbocycles. The molecule has 1 amide bonds. The summed E-state index contributed by atoms with van der Waals surface area (Å²) in [7, 11) is 0. The fraction of sp³-hybridized carbons (Fsp3) is 0.429. The maximum atomic E-state index is 13.0. The molecule has 2 saturated heterocycles. The van der Waals surface area contributed by atoms with Crippen molar-refractivity contribution in [1.82, 2.24) is 15.2 Å². The molecule has 1 aromatic carbocycles. The van der Waals surface area contributed by atoms with Crippen molar-refractivity contribution in [2.45, 2.75) is 13.0 Å². The van der Waals surface area contributed by atoms with Gasteiger partial charge in [0.1, 0.15) is 0 Å². The van der Waals surface area contributed by atoms with E-state index in [0.29, 0.717) is 12.1 Å². The quantitative estimate of drug-likeness (QED) is 0.901. The zero-order valence-electron chi connectivity index (χ0n) is 14.9. The summed E-state index contributed by atoms with van der Waals surface area (Å²) >= 11 is 0. The second kappa shape index (κ2) is 6.40. The molecule has 0 radical (unpaired) electrons. The number of benzene rings is 1. The first-order valence-electron chi connectivity index (χ1n) is 9.55. The number of carbonyl (C=O) groups is 1. The number of rotatable bonds is 2. The largest absolute Gasteiger partial charge is 0.370 e. The summed E-state index contributed by atoms with van der Waals surface area (Å²) in [6.45, 7) is 5.82. The van der Waals surface area contributed by atoms with Crippen molar-refractivity contribution in [3.8, 4) is 0 Å². The molecular formula is C21H24N4O. The van der Waals surface area contributed by atoms with E-state index in [9.17, 15) is 4.79 Å². The van der Waals surface area contributed by atoms with E-state index in [1.807, 2.05) is 23.2 Å². The summed E-state index contributed by atoms with van der Waals surface area (Å²) in [6.07, 6.45) is 4.54. The Morgan fingerprint density at radius 2 is 1.85 bits per heavy atom. The molecule has 1 aromatic heterocycles. The molecule has 2 fully saturated rings. The summed E-state index contributed by atoms with van der Waals surface area (Å²) in [5.41, 5.74) is 4.41. The zero-order valence-corrected chi connectivity index (χ0v) is 14.9. The topological polar surface area (TPSA) is 48.5 Å². The van der Waals surface area contributed by atoms with Crippen molar-refractivity contribution in [1.29, 1.82) is 0 Å². The first-order valence-corrected chi connectivity index (χ1v) is 9.55. The van der Waals surface area contributed by atoms with Crippen molar-refractivity contribution < 1.29 is 4.79 Å². The Morgan fingerprint density at radius 1 is 1.08 bits per heavy atom. The lowest BCUT2D eigenvalue weighted by Crippen LogP contribution is -2.36. The summed E-state index contributed by atoms with van der Waals surface area (Å²) < 4.78 is 0. The molecule has 134 valence electrons. The molecule has 0 bridgehead atoms. The molecule has 0 unspecified atom stereocenters. The summed E-state index contributed by atoms with van der Waals surface area (Å²) in [4.78, 5) is 21.8. The molecule has 2 atom stereocenters. The van der Waals surface area contributed by atoms with Gasteiger partial charge >= 0.3 is 0 Å². The number of nitrogens with zero attached hydrogens (tertiary/aromatic N) is 3. The molecular weight excluding hydrogens is 324 g/mol. The molecule has 1 N–H and O–H groups in total. The highest BCUT2D eigenvalue weighted by atomic mass is 16.2. The van der Waals surface area contributed by atoms with Gasteiger partial charge in [0.15, 0.2) is 0 Å². The normalized spacial score (nSPS) is 24.5. The Kier molecular flexibility index (Phi) is 3.89. The van der Waals surface area contributed by atoms with Crippen molar-refractivity contribution in [2.75, 3.05) is 37.6 Å². The standard InChI is InChI=1S/C21H24N4O/c26-21(24-6-5-15-3-1-2-4-16(15)12-24)17-7-20(11-23-8-17)25-13-18-9-22-10-19(18)14-25/h1-4,7-8,11,18-19,22H,5-6,9-10,12-14H2/t18-,19+. The van der Waals surface area contributed by atoms with E-state index in [2.05, 4.69) is 33.4 Å². The van der Waals surface area contributed by atoms with E-state index >= 15 is 0 Å². The Hall–Kier alpha value is -2.40. The fourth-order valence-corrected chi connectivity index (χ4v) is 4.64. The second-order valence-corrected chi connectivity index (χ2v) is 7.76. The first-order chi connectivity index (χ1) is 12.8. The number of amides is 1. The fourth-order valence-electron chi connectivity index (χ4n) is 4.64.